The lowest BCUT2D eigenvalue weighted by atomic mass is 10.2. The van der Waals surface area contributed by atoms with Crippen molar-refractivity contribution < 1.29 is 27.6 Å². The van der Waals surface area contributed by atoms with Crippen LogP contribution in [-0.2, 0) is 21.4 Å². The minimum atomic E-state index is -3.71. The molecule has 26 heavy (non-hydrogen) atoms. The molecule has 142 valence electrons. The zero-order valence-electron chi connectivity index (χ0n) is 14.7. The van der Waals surface area contributed by atoms with Crippen molar-refractivity contribution in [3.8, 4) is 0 Å². The molecule has 10 heteroatoms. The summed E-state index contributed by atoms with van der Waals surface area (Å²) in [7, 11) is -0.911. The van der Waals surface area contributed by atoms with Gasteiger partial charge in [0.1, 0.15) is 18.1 Å². The number of carbonyl (C=O) groups is 1. The summed E-state index contributed by atoms with van der Waals surface area (Å²) >= 11 is 0. The number of aliphatic hydroxyl groups excluding tert-OH is 1. The Balaban J connectivity index is 2.30. The van der Waals surface area contributed by atoms with Gasteiger partial charge in [-0.3, -0.25) is 0 Å². The van der Waals surface area contributed by atoms with Crippen LogP contribution in [0.3, 0.4) is 0 Å². The summed E-state index contributed by atoms with van der Waals surface area (Å²) < 4.78 is 35.8. The molecule has 0 bridgehead atoms. The molecule has 0 radical (unpaired) electrons. The number of hydrogen-bond donors (Lipinski definition) is 2. The summed E-state index contributed by atoms with van der Waals surface area (Å²) in [4.78, 5) is 12.4. The summed E-state index contributed by atoms with van der Waals surface area (Å²) in [5.41, 5.74) is 0.845. The van der Waals surface area contributed by atoms with Gasteiger partial charge in [-0.1, -0.05) is 5.16 Å². The topological polar surface area (TPSA) is 122 Å². The summed E-state index contributed by atoms with van der Waals surface area (Å²) in [6.07, 6.45) is 0. The zero-order chi connectivity index (χ0) is 19.3. The van der Waals surface area contributed by atoms with Crippen molar-refractivity contribution in [2.45, 2.75) is 18.4 Å². The third-order valence-electron chi connectivity index (χ3n) is 3.44. The molecule has 1 heterocycles. The second-order valence-corrected chi connectivity index (χ2v) is 7.80. The van der Waals surface area contributed by atoms with Crippen LogP contribution in [0, 0.1) is 6.92 Å². The molecule has 2 rings (SSSR count). The highest BCUT2D eigenvalue weighted by Crippen LogP contribution is 2.23. The molecule has 0 aliphatic heterocycles. The molecular formula is C16H21N3O6S. The molecule has 0 spiro atoms. The Morgan fingerprint density at radius 2 is 2.08 bits per heavy atom. The van der Waals surface area contributed by atoms with Crippen LogP contribution in [0.2, 0.25) is 0 Å². The van der Waals surface area contributed by atoms with Crippen LogP contribution in [0.4, 0.5) is 5.69 Å². The van der Waals surface area contributed by atoms with Crippen molar-refractivity contribution in [3.63, 3.8) is 0 Å². The summed E-state index contributed by atoms with van der Waals surface area (Å²) in [5.74, 6) is -0.137. The fraction of sp³-hybridized carbons (Fsp3) is 0.375. The first-order valence-electron chi connectivity index (χ1n) is 7.76. The van der Waals surface area contributed by atoms with Crippen molar-refractivity contribution in [2.75, 3.05) is 32.6 Å². The molecule has 2 N–H and O–H groups in total. The number of nitrogens with zero attached hydrogens (tertiary/aromatic N) is 2. The lowest BCUT2D eigenvalue weighted by Crippen LogP contribution is -2.23. The number of rotatable bonds is 8. The maximum absolute atomic E-state index is 12.5. The Morgan fingerprint density at radius 3 is 2.65 bits per heavy atom. The number of aromatic nitrogens is 1. The molecule has 9 nitrogen and oxygen atoms in total. The van der Waals surface area contributed by atoms with Crippen LogP contribution >= 0.6 is 0 Å². The number of nitrogens with one attached hydrogen (secondary N) is 1. The maximum Gasteiger partial charge on any atom is 0.340 e. The molecule has 1 aromatic carbocycles. The average molecular weight is 383 g/mol. The zero-order valence-corrected chi connectivity index (χ0v) is 15.5. The van der Waals surface area contributed by atoms with E-state index in [9.17, 15) is 13.2 Å². The van der Waals surface area contributed by atoms with E-state index in [1.165, 1.54) is 32.3 Å². The van der Waals surface area contributed by atoms with Crippen molar-refractivity contribution >= 4 is 21.7 Å². The fourth-order valence-corrected chi connectivity index (χ4v) is 3.04. The van der Waals surface area contributed by atoms with E-state index in [-0.39, 0.29) is 30.2 Å². The predicted octanol–water partition coefficient (Wildman–Crippen LogP) is 0.995. The van der Waals surface area contributed by atoms with Gasteiger partial charge in [-0.2, -0.15) is 0 Å². The van der Waals surface area contributed by atoms with Gasteiger partial charge in [-0.25, -0.2) is 17.5 Å². The van der Waals surface area contributed by atoms with Gasteiger partial charge in [0.05, 0.1) is 17.1 Å². The second-order valence-electron chi connectivity index (χ2n) is 5.65. The molecule has 0 atom stereocenters. The highest BCUT2D eigenvalue weighted by atomic mass is 32.2. The van der Waals surface area contributed by atoms with Gasteiger partial charge in [0, 0.05) is 32.4 Å². The Bertz CT molecular complexity index is 876. The third-order valence-corrected chi connectivity index (χ3v) is 5.26. The van der Waals surface area contributed by atoms with Crippen molar-refractivity contribution in [3.05, 3.63) is 41.3 Å². The molecule has 2 aromatic rings. The predicted molar refractivity (Wildman–Crippen MR) is 93.2 cm³/mol. The number of hydrogen-bond acceptors (Lipinski definition) is 8. The number of aliphatic hydroxyl groups is 1. The lowest BCUT2D eigenvalue weighted by Gasteiger charge is -2.15. The second kappa shape index (κ2) is 8.30. The van der Waals surface area contributed by atoms with E-state index >= 15 is 0 Å². The molecule has 1 aromatic heterocycles. The SMILES string of the molecule is Cc1cc(COC(=O)c2cc(S(=O)(=O)N(C)C)ccc2NCCO)no1. The summed E-state index contributed by atoms with van der Waals surface area (Å²) in [5, 5.41) is 15.6. The Hall–Kier alpha value is -2.43. The van der Waals surface area contributed by atoms with Gasteiger partial charge >= 0.3 is 5.97 Å². The van der Waals surface area contributed by atoms with Gasteiger partial charge in [0.2, 0.25) is 10.0 Å². The standard InChI is InChI=1S/C16H21N3O6S/c1-11-8-12(18-25-11)10-24-16(21)14-9-13(26(22,23)19(2)3)4-5-15(14)17-6-7-20/h4-5,8-9,17,20H,6-7,10H2,1-3H3. The van der Waals surface area contributed by atoms with Gasteiger partial charge in [-0.15, -0.1) is 0 Å². The van der Waals surface area contributed by atoms with Crippen LogP contribution in [0.1, 0.15) is 21.8 Å². The number of ether oxygens (including phenoxy) is 1. The highest BCUT2D eigenvalue weighted by molar-refractivity contribution is 7.89. The number of benzene rings is 1. The van der Waals surface area contributed by atoms with E-state index in [1.807, 2.05) is 0 Å². The van der Waals surface area contributed by atoms with Gasteiger partial charge in [0.15, 0.2) is 0 Å². The van der Waals surface area contributed by atoms with E-state index < -0.39 is 16.0 Å². The summed E-state index contributed by atoms with van der Waals surface area (Å²) in [6, 6.07) is 5.71. The molecule has 0 aliphatic carbocycles. The largest absolute Gasteiger partial charge is 0.455 e. The maximum atomic E-state index is 12.5. The van der Waals surface area contributed by atoms with Gasteiger partial charge in [0.25, 0.3) is 0 Å². The van der Waals surface area contributed by atoms with Crippen LogP contribution in [0.5, 0.6) is 0 Å². The number of carbonyl (C=O) groups excluding carboxylic acids is 1. The number of esters is 1. The first kappa shape index (κ1) is 19.9. The van der Waals surface area contributed by atoms with Crippen molar-refractivity contribution in [1.82, 2.24) is 9.46 Å². The molecular weight excluding hydrogens is 362 g/mol. The number of anilines is 1. The molecule has 0 aliphatic rings. The molecule has 0 unspecified atom stereocenters. The quantitative estimate of drug-likeness (QED) is 0.647. The normalized spacial score (nSPS) is 11.6. The van der Waals surface area contributed by atoms with Crippen molar-refractivity contribution in [2.24, 2.45) is 0 Å². The molecule has 0 fully saturated rings. The van der Waals surface area contributed by atoms with Crippen LogP contribution in [0.25, 0.3) is 0 Å². The van der Waals surface area contributed by atoms with Crippen LogP contribution in [0.15, 0.2) is 33.7 Å². The summed E-state index contributed by atoms with van der Waals surface area (Å²) in [6.45, 7) is 1.65. The average Bonchev–Trinajstić information content (AvgIpc) is 3.02. The first-order valence-corrected chi connectivity index (χ1v) is 9.20. The molecule has 0 amide bonds. The van der Waals surface area contributed by atoms with Gasteiger partial charge in [-0.05, 0) is 25.1 Å². The molecule has 0 saturated heterocycles. The monoisotopic (exact) mass is 383 g/mol. The van der Waals surface area contributed by atoms with Crippen LogP contribution in [-0.4, -0.2) is 56.2 Å². The molecule has 0 saturated carbocycles. The third kappa shape index (κ3) is 4.59. The minimum Gasteiger partial charge on any atom is -0.455 e. The lowest BCUT2D eigenvalue weighted by molar-refractivity contribution is 0.0465. The highest BCUT2D eigenvalue weighted by Gasteiger charge is 2.22. The van der Waals surface area contributed by atoms with E-state index in [2.05, 4.69) is 10.5 Å². The van der Waals surface area contributed by atoms with E-state index in [1.54, 1.807) is 13.0 Å². The van der Waals surface area contributed by atoms with Crippen molar-refractivity contribution in [1.29, 1.82) is 0 Å². The Kier molecular flexibility index (Phi) is 6.35. The Morgan fingerprint density at radius 1 is 1.35 bits per heavy atom. The van der Waals surface area contributed by atoms with Gasteiger partial charge < -0.3 is 19.7 Å². The van der Waals surface area contributed by atoms with E-state index in [4.69, 9.17) is 14.4 Å². The first-order chi connectivity index (χ1) is 12.3. The minimum absolute atomic E-state index is 0.0405. The van der Waals surface area contributed by atoms with Crippen LogP contribution < -0.4 is 5.32 Å². The van der Waals surface area contributed by atoms with E-state index in [0.717, 1.165) is 4.31 Å². The number of sulfonamides is 1. The van der Waals surface area contributed by atoms with E-state index in [0.29, 0.717) is 17.1 Å². The number of aryl methyl sites for hydroxylation is 1. The fourth-order valence-electron chi connectivity index (χ4n) is 2.11. The smallest absolute Gasteiger partial charge is 0.340 e. The Labute approximate surface area is 151 Å².